The minimum Gasteiger partial charge on any atom is -0.388 e. The molecule has 1 aliphatic rings. The molecule has 0 amide bonds. The van der Waals surface area contributed by atoms with Gasteiger partial charge in [-0.25, -0.2) is 4.39 Å². The number of hydrogen-bond acceptors (Lipinski definition) is 1. The van der Waals surface area contributed by atoms with Crippen LogP contribution in [0.1, 0.15) is 37.9 Å². The Hall–Kier alpha value is -0.890. The van der Waals surface area contributed by atoms with Crippen molar-refractivity contribution in [3.8, 4) is 0 Å². The molecule has 0 saturated heterocycles. The SMILES string of the molecule is CC1CCC(C(O)c2ccc(F)cc2)C1. The molecule has 1 saturated carbocycles. The lowest BCUT2D eigenvalue weighted by Crippen LogP contribution is -2.09. The molecule has 3 atom stereocenters. The summed E-state index contributed by atoms with van der Waals surface area (Å²) in [5, 5.41) is 10.1. The van der Waals surface area contributed by atoms with Gasteiger partial charge in [-0.3, -0.25) is 0 Å². The van der Waals surface area contributed by atoms with Crippen molar-refractivity contribution in [3.05, 3.63) is 35.6 Å². The van der Waals surface area contributed by atoms with Gasteiger partial charge in [-0.1, -0.05) is 25.5 Å². The molecule has 1 nitrogen and oxygen atoms in total. The van der Waals surface area contributed by atoms with Crippen molar-refractivity contribution in [3.63, 3.8) is 0 Å². The van der Waals surface area contributed by atoms with E-state index in [2.05, 4.69) is 6.92 Å². The van der Waals surface area contributed by atoms with Crippen LogP contribution in [0.25, 0.3) is 0 Å². The van der Waals surface area contributed by atoms with Gasteiger partial charge in [-0.05, 0) is 42.4 Å². The van der Waals surface area contributed by atoms with Gasteiger partial charge in [0.2, 0.25) is 0 Å². The minimum atomic E-state index is -0.421. The van der Waals surface area contributed by atoms with Gasteiger partial charge in [0, 0.05) is 0 Å². The molecule has 0 bridgehead atoms. The number of aliphatic hydroxyl groups is 1. The summed E-state index contributed by atoms with van der Waals surface area (Å²) in [5.41, 5.74) is 0.843. The Morgan fingerprint density at radius 3 is 2.47 bits per heavy atom. The lowest BCUT2D eigenvalue weighted by atomic mass is 9.94. The Morgan fingerprint density at radius 2 is 1.93 bits per heavy atom. The summed E-state index contributed by atoms with van der Waals surface area (Å²) in [6.45, 7) is 2.22. The standard InChI is InChI=1S/C13H17FO/c1-9-2-3-11(8-9)13(15)10-4-6-12(14)7-5-10/h4-7,9,11,13,15H,2-3,8H2,1H3. The average molecular weight is 208 g/mol. The van der Waals surface area contributed by atoms with Crippen LogP contribution in [0.15, 0.2) is 24.3 Å². The molecular formula is C13H17FO. The lowest BCUT2D eigenvalue weighted by Gasteiger charge is -2.18. The van der Waals surface area contributed by atoms with E-state index in [0.717, 1.165) is 18.4 Å². The maximum atomic E-state index is 12.7. The summed E-state index contributed by atoms with van der Waals surface area (Å²) >= 11 is 0. The van der Waals surface area contributed by atoms with Crippen molar-refractivity contribution in [2.45, 2.75) is 32.3 Å². The van der Waals surface area contributed by atoms with Crippen molar-refractivity contribution in [2.75, 3.05) is 0 Å². The third-order valence-corrected chi connectivity index (χ3v) is 3.39. The Morgan fingerprint density at radius 1 is 1.27 bits per heavy atom. The van der Waals surface area contributed by atoms with E-state index in [1.54, 1.807) is 12.1 Å². The molecule has 2 rings (SSSR count). The molecule has 2 heteroatoms. The molecule has 1 aromatic rings. The first-order valence-corrected chi connectivity index (χ1v) is 5.60. The van der Waals surface area contributed by atoms with E-state index in [9.17, 15) is 9.50 Å². The van der Waals surface area contributed by atoms with Gasteiger partial charge in [0.15, 0.2) is 0 Å². The smallest absolute Gasteiger partial charge is 0.123 e. The fourth-order valence-corrected chi connectivity index (χ4v) is 2.47. The molecule has 82 valence electrons. The molecule has 15 heavy (non-hydrogen) atoms. The lowest BCUT2D eigenvalue weighted by molar-refractivity contribution is 0.109. The number of hydrogen-bond donors (Lipinski definition) is 1. The van der Waals surface area contributed by atoms with Gasteiger partial charge in [0.25, 0.3) is 0 Å². The molecule has 1 fully saturated rings. The minimum absolute atomic E-state index is 0.245. The van der Waals surface area contributed by atoms with Gasteiger partial charge >= 0.3 is 0 Å². The van der Waals surface area contributed by atoms with Crippen LogP contribution < -0.4 is 0 Å². The van der Waals surface area contributed by atoms with Crippen LogP contribution in [-0.2, 0) is 0 Å². The third kappa shape index (κ3) is 2.37. The van der Waals surface area contributed by atoms with Gasteiger partial charge in [0.1, 0.15) is 5.82 Å². The summed E-state index contributed by atoms with van der Waals surface area (Å²) in [4.78, 5) is 0. The van der Waals surface area contributed by atoms with E-state index in [0.29, 0.717) is 11.8 Å². The van der Waals surface area contributed by atoms with Gasteiger partial charge in [0.05, 0.1) is 6.10 Å². The summed E-state index contributed by atoms with van der Waals surface area (Å²) in [6, 6.07) is 6.19. The highest BCUT2D eigenvalue weighted by Crippen LogP contribution is 2.38. The summed E-state index contributed by atoms with van der Waals surface area (Å²) in [7, 11) is 0. The second kappa shape index (κ2) is 4.31. The fraction of sp³-hybridized carbons (Fsp3) is 0.538. The summed E-state index contributed by atoms with van der Waals surface area (Å²) < 4.78 is 12.7. The predicted molar refractivity (Wildman–Crippen MR) is 57.9 cm³/mol. The van der Waals surface area contributed by atoms with Crippen LogP contribution in [0.2, 0.25) is 0 Å². The maximum absolute atomic E-state index is 12.7. The number of halogens is 1. The molecular weight excluding hydrogens is 191 g/mol. The molecule has 1 aromatic carbocycles. The molecule has 0 spiro atoms. The second-order valence-electron chi connectivity index (χ2n) is 4.67. The summed E-state index contributed by atoms with van der Waals surface area (Å²) in [5.74, 6) is 0.821. The Bertz CT molecular complexity index is 320. The maximum Gasteiger partial charge on any atom is 0.123 e. The monoisotopic (exact) mass is 208 g/mol. The van der Waals surface area contributed by atoms with Crippen molar-refractivity contribution >= 4 is 0 Å². The van der Waals surface area contributed by atoms with E-state index in [-0.39, 0.29) is 5.82 Å². The van der Waals surface area contributed by atoms with E-state index < -0.39 is 6.10 Å². The van der Waals surface area contributed by atoms with Crippen molar-refractivity contribution in [1.29, 1.82) is 0 Å². The number of rotatable bonds is 2. The molecule has 0 aliphatic heterocycles. The number of benzene rings is 1. The predicted octanol–water partition coefficient (Wildman–Crippen LogP) is 3.30. The molecule has 0 radical (unpaired) electrons. The van der Waals surface area contributed by atoms with Crippen molar-refractivity contribution in [1.82, 2.24) is 0 Å². The zero-order chi connectivity index (χ0) is 10.8. The zero-order valence-electron chi connectivity index (χ0n) is 8.99. The van der Waals surface area contributed by atoms with Crippen molar-refractivity contribution in [2.24, 2.45) is 11.8 Å². The van der Waals surface area contributed by atoms with Crippen LogP contribution in [0.4, 0.5) is 4.39 Å². The Kier molecular flexibility index (Phi) is 3.06. The van der Waals surface area contributed by atoms with Gasteiger partial charge in [-0.15, -0.1) is 0 Å². The van der Waals surface area contributed by atoms with E-state index in [4.69, 9.17) is 0 Å². The Balaban J connectivity index is 2.07. The molecule has 3 unspecified atom stereocenters. The zero-order valence-corrected chi connectivity index (χ0v) is 8.99. The largest absolute Gasteiger partial charge is 0.388 e. The van der Waals surface area contributed by atoms with Crippen LogP contribution in [-0.4, -0.2) is 5.11 Å². The van der Waals surface area contributed by atoms with E-state index in [1.807, 2.05) is 0 Å². The van der Waals surface area contributed by atoms with E-state index >= 15 is 0 Å². The van der Waals surface area contributed by atoms with Gasteiger partial charge in [-0.2, -0.15) is 0 Å². The summed E-state index contributed by atoms with van der Waals surface area (Å²) in [6.07, 6.45) is 2.94. The molecule has 0 aromatic heterocycles. The van der Waals surface area contributed by atoms with Crippen molar-refractivity contribution < 1.29 is 9.50 Å². The highest BCUT2D eigenvalue weighted by molar-refractivity contribution is 5.19. The quantitative estimate of drug-likeness (QED) is 0.790. The van der Waals surface area contributed by atoms with Crippen LogP contribution in [0.5, 0.6) is 0 Å². The topological polar surface area (TPSA) is 20.2 Å². The van der Waals surface area contributed by atoms with Crippen LogP contribution >= 0.6 is 0 Å². The Labute approximate surface area is 89.9 Å². The number of aliphatic hydroxyl groups excluding tert-OH is 1. The average Bonchev–Trinajstić information content (AvgIpc) is 2.65. The molecule has 1 aliphatic carbocycles. The van der Waals surface area contributed by atoms with Gasteiger partial charge < -0.3 is 5.11 Å². The van der Waals surface area contributed by atoms with E-state index in [1.165, 1.54) is 18.6 Å². The highest BCUT2D eigenvalue weighted by atomic mass is 19.1. The van der Waals surface area contributed by atoms with Crippen LogP contribution in [0.3, 0.4) is 0 Å². The third-order valence-electron chi connectivity index (χ3n) is 3.39. The normalized spacial score (nSPS) is 27.9. The second-order valence-corrected chi connectivity index (χ2v) is 4.67. The first kappa shape index (κ1) is 10.6. The first-order chi connectivity index (χ1) is 7.16. The highest BCUT2D eigenvalue weighted by Gasteiger charge is 2.28. The fourth-order valence-electron chi connectivity index (χ4n) is 2.47. The van der Waals surface area contributed by atoms with Crippen LogP contribution in [0, 0.1) is 17.7 Å². The first-order valence-electron chi connectivity index (χ1n) is 5.60. The molecule has 1 N–H and O–H groups in total. The molecule has 0 heterocycles.